The normalized spacial score (nSPS) is 10.3. The number of hydrogen-bond donors (Lipinski definition) is 1. The highest BCUT2D eigenvalue weighted by atomic mass is 16.5. The van der Waals surface area contributed by atoms with Crippen LogP contribution in [0.25, 0.3) is 0 Å². The summed E-state index contributed by atoms with van der Waals surface area (Å²) in [6.45, 7) is 2.04. The lowest BCUT2D eigenvalue weighted by molar-refractivity contribution is 0.0921. The molecular formula is C17H18O3. The summed E-state index contributed by atoms with van der Waals surface area (Å²) in [5.41, 5.74) is 2.63. The van der Waals surface area contributed by atoms with E-state index in [9.17, 15) is 4.79 Å². The second-order valence-corrected chi connectivity index (χ2v) is 4.57. The monoisotopic (exact) mass is 270 g/mol. The largest absolute Gasteiger partial charge is 0.485 e. The Kier molecular flexibility index (Phi) is 4.91. The zero-order valence-corrected chi connectivity index (χ0v) is 11.5. The van der Waals surface area contributed by atoms with E-state index in [0.717, 1.165) is 12.0 Å². The topological polar surface area (TPSA) is 46.5 Å². The lowest BCUT2D eigenvalue weighted by atomic mass is 10.1. The van der Waals surface area contributed by atoms with Gasteiger partial charge in [0, 0.05) is 5.56 Å². The molecule has 0 amide bonds. The molecule has 0 unspecified atom stereocenters. The number of benzene rings is 2. The van der Waals surface area contributed by atoms with Gasteiger partial charge < -0.3 is 9.84 Å². The van der Waals surface area contributed by atoms with Crippen molar-refractivity contribution in [1.82, 2.24) is 0 Å². The average molecular weight is 270 g/mol. The lowest BCUT2D eigenvalue weighted by Crippen LogP contribution is -2.11. The molecule has 0 aliphatic rings. The van der Waals surface area contributed by atoms with Crippen LogP contribution in [-0.2, 0) is 13.0 Å². The number of aryl methyl sites for hydroxylation is 1. The fourth-order valence-electron chi connectivity index (χ4n) is 1.89. The SMILES string of the molecule is CCc1ccc(C(=O)COc2cccc(CO)c2)cc1. The minimum atomic E-state index is -0.0537. The summed E-state index contributed by atoms with van der Waals surface area (Å²) in [7, 11) is 0. The third-order valence-electron chi connectivity index (χ3n) is 3.14. The number of aliphatic hydroxyl groups excluding tert-OH is 1. The molecule has 20 heavy (non-hydrogen) atoms. The fourth-order valence-corrected chi connectivity index (χ4v) is 1.89. The van der Waals surface area contributed by atoms with Crippen LogP contribution in [-0.4, -0.2) is 17.5 Å². The van der Waals surface area contributed by atoms with Crippen LogP contribution in [0.5, 0.6) is 5.75 Å². The molecule has 0 bridgehead atoms. The molecule has 2 rings (SSSR count). The molecule has 0 saturated carbocycles. The van der Waals surface area contributed by atoms with Crippen LogP contribution in [0.4, 0.5) is 0 Å². The Morgan fingerprint density at radius 3 is 2.50 bits per heavy atom. The Morgan fingerprint density at radius 2 is 1.85 bits per heavy atom. The van der Waals surface area contributed by atoms with Crippen molar-refractivity contribution in [3.8, 4) is 5.75 Å². The number of hydrogen-bond acceptors (Lipinski definition) is 3. The zero-order valence-electron chi connectivity index (χ0n) is 11.5. The first-order chi connectivity index (χ1) is 9.72. The molecule has 0 atom stereocenters. The third-order valence-corrected chi connectivity index (χ3v) is 3.14. The minimum Gasteiger partial charge on any atom is -0.485 e. The molecule has 1 N–H and O–H groups in total. The number of carbonyl (C=O) groups is 1. The highest BCUT2D eigenvalue weighted by Crippen LogP contribution is 2.14. The number of ketones is 1. The van der Waals surface area contributed by atoms with Crippen LogP contribution in [0, 0.1) is 0 Å². The van der Waals surface area contributed by atoms with Crippen LogP contribution >= 0.6 is 0 Å². The lowest BCUT2D eigenvalue weighted by Gasteiger charge is -2.07. The molecular weight excluding hydrogens is 252 g/mol. The zero-order chi connectivity index (χ0) is 14.4. The van der Waals surface area contributed by atoms with Gasteiger partial charge in [-0.1, -0.05) is 43.3 Å². The van der Waals surface area contributed by atoms with Gasteiger partial charge in [0.05, 0.1) is 6.61 Å². The van der Waals surface area contributed by atoms with Gasteiger partial charge in [-0.2, -0.15) is 0 Å². The molecule has 0 aliphatic heterocycles. The van der Waals surface area contributed by atoms with Crippen LogP contribution < -0.4 is 4.74 Å². The van der Waals surface area contributed by atoms with E-state index >= 15 is 0 Å². The summed E-state index contributed by atoms with van der Waals surface area (Å²) in [6, 6.07) is 14.7. The first-order valence-corrected chi connectivity index (χ1v) is 6.67. The van der Waals surface area contributed by atoms with Crippen molar-refractivity contribution in [2.45, 2.75) is 20.0 Å². The minimum absolute atomic E-state index is 0.000351. The number of ether oxygens (including phenoxy) is 1. The van der Waals surface area contributed by atoms with Crippen molar-refractivity contribution in [3.05, 3.63) is 65.2 Å². The van der Waals surface area contributed by atoms with Gasteiger partial charge in [0.1, 0.15) is 5.75 Å². The Bertz CT molecular complexity index is 573. The van der Waals surface area contributed by atoms with Crippen LogP contribution in [0.3, 0.4) is 0 Å². The summed E-state index contributed by atoms with van der Waals surface area (Å²) in [6.07, 6.45) is 0.957. The van der Waals surface area contributed by atoms with E-state index in [1.807, 2.05) is 24.3 Å². The highest BCUT2D eigenvalue weighted by molar-refractivity contribution is 5.97. The van der Waals surface area contributed by atoms with E-state index in [1.165, 1.54) is 5.56 Å². The first-order valence-electron chi connectivity index (χ1n) is 6.67. The standard InChI is InChI=1S/C17H18O3/c1-2-13-6-8-15(9-7-13)17(19)12-20-16-5-3-4-14(10-16)11-18/h3-10,18H,2,11-12H2,1H3. The molecule has 0 radical (unpaired) electrons. The molecule has 0 fully saturated rings. The molecule has 0 aromatic heterocycles. The molecule has 2 aromatic carbocycles. The van der Waals surface area contributed by atoms with Gasteiger partial charge in [-0.05, 0) is 29.7 Å². The van der Waals surface area contributed by atoms with Crippen molar-refractivity contribution in [1.29, 1.82) is 0 Å². The Labute approximate surface area is 118 Å². The maximum absolute atomic E-state index is 12.0. The number of rotatable bonds is 6. The van der Waals surface area contributed by atoms with Gasteiger partial charge in [0.15, 0.2) is 12.4 Å². The van der Waals surface area contributed by atoms with Gasteiger partial charge in [0.2, 0.25) is 0 Å². The average Bonchev–Trinajstić information content (AvgIpc) is 2.53. The predicted molar refractivity (Wildman–Crippen MR) is 78.0 cm³/mol. The van der Waals surface area contributed by atoms with Crippen molar-refractivity contribution in [2.24, 2.45) is 0 Å². The molecule has 2 aromatic rings. The highest BCUT2D eigenvalue weighted by Gasteiger charge is 2.07. The van der Waals surface area contributed by atoms with E-state index in [2.05, 4.69) is 6.92 Å². The van der Waals surface area contributed by atoms with Gasteiger partial charge in [-0.3, -0.25) is 4.79 Å². The first kappa shape index (κ1) is 14.3. The number of Topliss-reactive ketones (excluding diaryl/α,β-unsaturated/α-hetero) is 1. The Hall–Kier alpha value is -2.13. The second kappa shape index (κ2) is 6.87. The fraction of sp³-hybridized carbons (Fsp3) is 0.235. The van der Waals surface area contributed by atoms with Crippen molar-refractivity contribution < 1.29 is 14.6 Å². The van der Waals surface area contributed by atoms with Gasteiger partial charge in [-0.25, -0.2) is 0 Å². The van der Waals surface area contributed by atoms with E-state index in [0.29, 0.717) is 11.3 Å². The van der Waals surface area contributed by atoms with Crippen LogP contribution in [0.15, 0.2) is 48.5 Å². The van der Waals surface area contributed by atoms with Gasteiger partial charge >= 0.3 is 0 Å². The van der Waals surface area contributed by atoms with E-state index in [1.54, 1.807) is 24.3 Å². The smallest absolute Gasteiger partial charge is 0.200 e. The quantitative estimate of drug-likeness (QED) is 0.821. The Balaban J connectivity index is 1.97. The molecule has 0 saturated heterocycles. The number of carbonyl (C=O) groups excluding carboxylic acids is 1. The molecule has 104 valence electrons. The molecule has 0 aliphatic carbocycles. The van der Waals surface area contributed by atoms with Crippen molar-refractivity contribution in [2.75, 3.05) is 6.61 Å². The summed E-state index contributed by atoms with van der Waals surface area (Å²) < 4.78 is 5.46. The summed E-state index contributed by atoms with van der Waals surface area (Å²) >= 11 is 0. The van der Waals surface area contributed by atoms with Crippen LogP contribution in [0.1, 0.15) is 28.4 Å². The van der Waals surface area contributed by atoms with E-state index < -0.39 is 0 Å². The van der Waals surface area contributed by atoms with Crippen LogP contribution in [0.2, 0.25) is 0 Å². The summed E-state index contributed by atoms with van der Waals surface area (Å²) in [5.74, 6) is 0.539. The maximum atomic E-state index is 12.0. The van der Waals surface area contributed by atoms with E-state index in [4.69, 9.17) is 9.84 Å². The summed E-state index contributed by atoms with van der Waals surface area (Å²) in [4.78, 5) is 12.0. The third kappa shape index (κ3) is 3.68. The maximum Gasteiger partial charge on any atom is 0.200 e. The second-order valence-electron chi connectivity index (χ2n) is 4.57. The molecule has 3 heteroatoms. The van der Waals surface area contributed by atoms with Crippen molar-refractivity contribution in [3.63, 3.8) is 0 Å². The Morgan fingerprint density at radius 1 is 1.10 bits per heavy atom. The molecule has 0 heterocycles. The van der Waals surface area contributed by atoms with Gasteiger partial charge in [0.25, 0.3) is 0 Å². The van der Waals surface area contributed by atoms with Crippen molar-refractivity contribution >= 4 is 5.78 Å². The number of aliphatic hydroxyl groups is 1. The molecule has 0 spiro atoms. The van der Waals surface area contributed by atoms with E-state index in [-0.39, 0.29) is 19.0 Å². The molecule has 3 nitrogen and oxygen atoms in total. The summed E-state index contributed by atoms with van der Waals surface area (Å²) in [5, 5.41) is 9.04. The predicted octanol–water partition coefficient (Wildman–Crippen LogP) is 3.00. The van der Waals surface area contributed by atoms with Gasteiger partial charge in [-0.15, -0.1) is 0 Å².